The lowest BCUT2D eigenvalue weighted by Crippen LogP contribution is -2.30. The van der Waals surface area contributed by atoms with Crippen LogP contribution in [0.4, 0.5) is 0 Å². The van der Waals surface area contributed by atoms with E-state index in [2.05, 4.69) is 4.98 Å². The number of hydrogen-bond donors (Lipinski definition) is 2. The van der Waals surface area contributed by atoms with Crippen molar-refractivity contribution in [2.24, 2.45) is 0 Å². The first-order valence-corrected chi connectivity index (χ1v) is 4.15. The standard InChI is InChI=1S/C6H4BIN2O2/c8-6-2-4(7(11)12)1-5(3-9)10-6/h1-2,11-12H. The van der Waals surface area contributed by atoms with E-state index in [-0.39, 0.29) is 11.2 Å². The highest BCUT2D eigenvalue weighted by molar-refractivity contribution is 14.1. The van der Waals surface area contributed by atoms with Crippen LogP contribution in [0.3, 0.4) is 0 Å². The van der Waals surface area contributed by atoms with Gasteiger partial charge in [0.25, 0.3) is 0 Å². The van der Waals surface area contributed by atoms with Crippen molar-refractivity contribution < 1.29 is 10.0 Å². The highest BCUT2D eigenvalue weighted by Crippen LogP contribution is 1.99. The monoisotopic (exact) mass is 274 g/mol. The molecule has 1 rings (SSSR count). The quantitative estimate of drug-likeness (QED) is 0.401. The topological polar surface area (TPSA) is 77.1 Å². The fourth-order valence-corrected chi connectivity index (χ4v) is 1.34. The summed E-state index contributed by atoms with van der Waals surface area (Å²) >= 11 is 1.90. The van der Waals surface area contributed by atoms with Crippen LogP contribution in [0.5, 0.6) is 0 Å². The molecule has 0 aliphatic rings. The van der Waals surface area contributed by atoms with Gasteiger partial charge in [-0.05, 0) is 40.2 Å². The van der Waals surface area contributed by atoms with Crippen LogP contribution in [0.1, 0.15) is 5.69 Å². The lowest BCUT2D eigenvalue weighted by atomic mass is 9.81. The summed E-state index contributed by atoms with van der Waals surface area (Å²) < 4.78 is 0.565. The molecule has 0 saturated heterocycles. The van der Waals surface area contributed by atoms with Gasteiger partial charge < -0.3 is 10.0 Å². The van der Waals surface area contributed by atoms with Crippen molar-refractivity contribution in [1.29, 1.82) is 5.26 Å². The predicted octanol–water partition coefficient (Wildman–Crippen LogP) is -0.762. The lowest BCUT2D eigenvalue weighted by Gasteiger charge is -1.99. The largest absolute Gasteiger partial charge is 0.488 e. The van der Waals surface area contributed by atoms with Gasteiger partial charge >= 0.3 is 7.12 Å². The Balaban J connectivity index is 3.17. The van der Waals surface area contributed by atoms with Crippen LogP contribution in [0.15, 0.2) is 12.1 Å². The zero-order valence-corrected chi connectivity index (χ0v) is 8.06. The minimum atomic E-state index is -1.55. The van der Waals surface area contributed by atoms with E-state index in [1.165, 1.54) is 12.1 Å². The van der Waals surface area contributed by atoms with Crippen LogP contribution in [0.2, 0.25) is 0 Å². The maximum absolute atomic E-state index is 8.78. The van der Waals surface area contributed by atoms with Crippen molar-refractivity contribution in [3.63, 3.8) is 0 Å². The summed E-state index contributed by atoms with van der Waals surface area (Å²) in [6.45, 7) is 0. The first kappa shape index (κ1) is 9.44. The average Bonchev–Trinajstić information content (AvgIpc) is 2.03. The van der Waals surface area contributed by atoms with Gasteiger partial charge in [-0.15, -0.1) is 0 Å². The second-order valence-electron chi connectivity index (χ2n) is 2.09. The molecule has 1 heterocycles. The molecule has 0 unspecified atom stereocenters. The maximum atomic E-state index is 8.78. The van der Waals surface area contributed by atoms with Crippen molar-refractivity contribution in [3.05, 3.63) is 21.5 Å². The van der Waals surface area contributed by atoms with Crippen LogP contribution in [-0.4, -0.2) is 22.2 Å². The van der Waals surface area contributed by atoms with Crippen LogP contribution in [-0.2, 0) is 0 Å². The van der Waals surface area contributed by atoms with Crippen molar-refractivity contribution in [1.82, 2.24) is 4.98 Å². The molecule has 0 aromatic carbocycles. The molecule has 0 radical (unpaired) electrons. The zero-order valence-electron chi connectivity index (χ0n) is 5.90. The van der Waals surface area contributed by atoms with Gasteiger partial charge in [-0.1, -0.05) is 0 Å². The molecule has 0 spiro atoms. The molecular weight excluding hydrogens is 270 g/mol. The molecular formula is C6H4BIN2O2. The highest BCUT2D eigenvalue weighted by atomic mass is 127. The molecule has 60 valence electrons. The van der Waals surface area contributed by atoms with E-state index < -0.39 is 7.12 Å². The van der Waals surface area contributed by atoms with E-state index in [0.29, 0.717) is 3.70 Å². The van der Waals surface area contributed by atoms with E-state index in [9.17, 15) is 0 Å². The number of hydrogen-bond acceptors (Lipinski definition) is 4. The Morgan fingerprint density at radius 3 is 2.67 bits per heavy atom. The Kier molecular flexibility index (Phi) is 3.02. The molecule has 6 heteroatoms. The third-order valence-electron chi connectivity index (χ3n) is 1.23. The second kappa shape index (κ2) is 3.84. The lowest BCUT2D eigenvalue weighted by molar-refractivity contribution is 0.425. The number of pyridine rings is 1. The predicted molar refractivity (Wildman–Crippen MR) is 51.5 cm³/mol. The molecule has 1 aromatic heterocycles. The molecule has 12 heavy (non-hydrogen) atoms. The van der Waals surface area contributed by atoms with Gasteiger partial charge in [-0.2, -0.15) is 5.26 Å². The van der Waals surface area contributed by atoms with Crippen LogP contribution >= 0.6 is 22.6 Å². The number of nitriles is 1. The number of aromatic nitrogens is 1. The minimum absolute atomic E-state index is 0.185. The summed E-state index contributed by atoms with van der Waals surface area (Å²) in [7, 11) is -1.55. The molecule has 4 nitrogen and oxygen atoms in total. The molecule has 2 N–H and O–H groups in total. The molecule has 0 amide bonds. The zero-order chi connectivity index (χ0) is 9.14. The van der Waals surface area contributed by atoms with Crippen LogP contribution in [0.25, 0.3) is 0 Å². The van der Waals surface area contributed by atoms with Gasteiger partial charge in [-0.3, -0.25) is 0 Å². The van der Waals surface area contributed by atoms with Crippen molar-refractivity contribution in [2.75, 3.05) is 0 Å². The Morgan fingerprint density at radius 1 is 1.50 bits per heavy atom. The third-order valence-corrected chi connectivity index (χ3v) is 1.78. The summed E-state index contributed by atoms with van der Waals surface area (Å²) in [5, 5.41) is 26.1. The van der Waals surface area contributed by atoms with Gasteiger partial charge in [0.2, 0.25) is 0 Å². The van der Waals surface area contributed by atoms with Gasteiger partial charge in [0, 0.05) is 0 Å². The average molecular weight is 274 g/mol. The molecule has 0 atom stereocenters. The smallest absolute Gasteiger partial charge is 0.423 e. The van der Waals surface area contributed by atoms with Gasteiger partial charge in [0.1, 0.15) is 15.5 Å². The summed E-state index contributed by atoms with van der Waals surface area (Å²) in [5.74, 6) is 0. The van der Waals surface area contributed by atoms with E-state index in [1.54, 1.807) is 0 Å². The van der Waals surface area contributed by atoms with Crippen LogP contribution < -0.4 is 5.46 Å². The van der Waals surface area contributed by atoms with E-state index in [1.807, 2.05) is 28.7 Å². The SMILES string of the molecule is N#Cc1cc(B(O)O)cc(I)n1. The van der Waals surface area contributed by atoms with Crippen molar-refractivity contribution >= 4 is 35.2 Å². The summed E-state index contributed by atoms with van der Waals surface area (Å²) in [6, 6.07) is 4.67. The Labute approximate surface area is 83.2 Å². The highest BCUT2D eigenvalue weighted by Gasteiger charge is 2.12. The van der Waals surface area contributed by atoms with E-state index in [0.717, 1.165) is 0 Å². The molecule has 0 bridgehead atoms. The van der Waals surface area contributed by atoms with Gasteiger partial charge in [0.15, 0.2) is 0 Å². The molecule has 0 saturated carbocycles. The Hall–Kier alpha value is -0.645. The summed E-state index contributed by atoms with van der Waals surface area (Å²) in [6.07, 6.45) is 0. The molecule has 1 aromatic rings. The van der Waals surface area contributed by atoms with Gasteiger partial charge in [-0.25, -0.2) is 4.98 Å². The van der Waals surface area contributed by atoms with Crippen LogP contribution in [0, 0.1) is 15.0 Å². The molecule has 0 fully saturated rings. The van der Waals surface area contributed by atoms with Gasteiger partial charge in [0.05, 0.1) is 0 Å². The van der Waals surface area contributed by atoms with Crippen molar-refractivity contribution in [2.45, 2.75) is 0 Å². The van der Waals surface area contributed by atoms with E-state index in [4.69, 9.17) is 15.3 Å². The Morgan fingerprint density at radius 2 is 2.17 bits per heavy atom. The molecule has 0 aliphatic carbocycles. The number of halogens is 1. The summed E-state index contributed by atoms with van der Waals surface area (Å²) in [5.41, 5.74) is 0.468. The first-order valence-electron chi connectivity index (χ1n) is 3.07. The van der Waals surface area contributed by atoms with E-state index >= 15 is 0 Å². The number of rotatable bonds is 1. The molecule has 0 aliphatic heterocycles. The normalized spacial score (nSPS) is 9.17. The third kappa shape index (κ3) is 2.17. The second-order valence-corrected chi connectivity index (χ2v) is 3.20. The maximum Gasteiger partial charge on any atom is 0.488 e. The van der Waals surface area contributed by atoms with Crippen molar-refractivity contribution in [3.8, 4) is 6.07 Å². The minimum Gasteiger partial charge on any atom is -0.423 e. The fraction of sp³-hybridized carbons (Fsp3) is 0. The first-order chi connectivity index (χ1) is 5.63. The fourth-order valence-electron chi connectivity index (χ4n) is 0.723. The summed E-state index contributed by atoms with van der Waals surface area (Å²) in [4.78, 5) is 3.84. The number of nitrogens with zero attached hydrogens (tertiary/aromatic N) is 2. The Bertz CT molecular complexity index is 337.